The molecule has 0 fully saturated rings. The van der Waals surface area contributed by atoms with Gasteiger partial charge in [0.1, 0.15) is 5.82 Å². The van der Waals surface area contributed by atoms with E-state index in [2.05, 4.69) is 5.32 Å². The Morgan fingerprint density at radius 1 is 1.44 bits per heavy atom. The van der Waals surface area contributed by atoms with Crippen molar-refractivity contribution in [3.63, 3.8) is 0 Å². The molecule has 0 radical (unpaired) electrons. The minimum absolute atomic E-state index is 0.0455. The number of amides is 2. The van der Waals surface area contributed by atoms with Crippen LogP contribution in [0.25, 0.3) is 0 Å². The molecule has 0 aromatic heterocycles. The van der Waals surface area contributed by atoms with Crippen molar-refractivity contribution in [2.24, 2.45) is 5.73 Å². The molecule has 2 amide bonds. The summed E-state index contributed by atoms with van der Waals surface area (Å²) in [6.07, 6.45) is 0.243. The lowest BCUT2D eigenvalue weighted by atomic mass is 10.3. The van der Waals surface area contributed by atoms with Gasteiger partial charge < -0.3 is 11.1 Å². The number of hydrogen-bond acceptors (Lipinski definition) is 3. The third-order valence-electron chi connectivity index (χ3n) is 1.92. The molecule has 0 aliphatic heterocycles. The van der Waals surface area contributed by atoms with E-state index in [0.717, 1.165) is 0 Å². The van der Waals surface area contributed by atoms with Crippen molar-refractivity contribution >= 4 is 40.9 Å². The van der Waals surface area contributed by atoms with Crippen LogP contribution in [0.4, 0.5) is 10.1 Å². The maximum absolute atomic E-state index is 12.9. The number of benzene rings is 1. The predicted octanol–water partition coefficient (Wildman–Crippen LogP) is 2.03. The molecule has 3 N–H and O–H groups in total. The van der Waals surface area contributed by atoms with Gasteiger partial charge in [-0.1, -0.05) is 11.6 Å². The topological polar surface area (TPSA) is 72.2 Å². The van der Waals surface area contributed by atoms with Crippen LogP contribution in [0.1, 0.15) is 6.42 Å². The molecule has 0 spiro atoms. The Balaban J connectivity index is 2.35. The van der Waals surface area contributed by atoms with Crippen molar-refractivity contribution in [3.8, 4) is 0 Å². The molecular formula is C11H12ClFN2O2S. The lowest BCUT2D eigenvalue weighted by Gasteiger charge is -2.05. The van der Waals surface area contributed by atoms with Crippen molar-refractivity contribution in [2.45, 2.75) is 6.42 Å². The lowest BCUT2D eigenvalue weighted by molar-refractivity contribution is -0.116. The monoisotopic (exact) mass is 290 g/mol. The molecule has 0 saturated heterocycles. The maximum Gasteiger partial charge on any atom is 0.227 e. The highest BCUT2D eigenvalue weighted by Gasteiger charge is 2.05. The molecule has 98 valence electrons. The fourth-order valence-electron chi connectivity index (χ4n) is 1.14. The van der Waals surface area contributed by atoms with Gasteiger partial charge in [-0.3, -0.25) is 9.59 Å². The number of thioether (sulfide) groups is 1. The highest BCUT2D eigenvalue weighted by atomic mass is 35.5. The quantitative estimate of drug-likeness (QED) is 0.787. The second kappa shape index (κ2) is 7.23. The number of nitrogens with one attached hydrogen (secondary N) is 1. The predicted molar refractivity (Wildman–Crippen MR) is 71.2 cm³/mol. The molecule has 0 saturated carbocycles. The molecule has 0 atom stereocenters. The molecule has 0 aliphatic carbocycles. The first-order chi connectivity index (χ1) is 8.49. The van der Waals surface area contributed by atoms with Crippen molar-refractivity contribution in [3.05, 3.63) is 29.0 Å². The zero-order chi connectivity index (χ0) is 13.5. The minimum Gasteiger partial charge on any atom is -0.369 e. The van der Waals surface area contributed by atoms with Gasteiger partial charge in [0, 0.05) is 17.9 Å². The second-order valence-electron chi connectivity index (χ2n) is 3.45. The van der Waals surface area contributed by atoms with Gasteiger partial charge in [-0.05, 0) is 18.2 Å². The van der Waals surface area contributed by atoms with E-state index in [4.69, 9.17) is 17.3 Å². The average molecular weight is 291 g/mol. The Labute approximate surface area is 113 Å². The number of primary amides is 1. The highest BCUT2D eigenvalue weighted by Crippen LogP contribution is 2.19. The number of hydrogen-bond donors (Lipinski definition) is 2. The van der Waals surface area contributed by atoms with Crippen molar-refractivity contribution in [2.75, 3.05) is 16.8 Å². The van der Waals surface area contributed by atoms with Gasteiger partial charge in [0.05, 0.1) is 10.8 Å². The summed E-state index contributed by atoms with van der Waals surface area (Å²) in [5.74, 6) is -0.494. The molecule has 4 nitrogen and oxygen atoms in total. The van der Waals surface area contributed by atoms with E-state index in [9.17, 15) is 14.0 Å². The van der Waals surface area contributed by atoms with Gasteiger partial charge >= 0.3 is 0 Å². The molecular weight excluding hydrogens is 279 g/mol. The maximum atomic E-state index is 12.9. The lowest BCUT2D eigenvalue weighted by Crippen LogP contribution is -2.15. The normalized spacial score (nSPS) is 10.1. The summed E-state index contributed by atoms with van der Waals surface area (Å²) in [4.78, 5) is 21.9. The zero-order valence-electron chi connectivity index (χ0n) is 9.41. The van der Waals surface area contributed by atoms with Crippen LogP contribution in [0.3, 0.4) is 0 Å². The van der Waals surface area contributed by atoms with E-state index in [0.29, 0.717) is 11.4 Å². The SMILES string of the molecule is NC(=O)CSCCC(=O)Nc1ccc(F)c(Cl)c1. The third-order valence-corrected chi connectivity index (χ3v) is 3.19. The van der Waals surface area contributed by atoms with Gasteiger partial charge in [0.2, 0.25) is 11.8 Å². The first-order valence-electron chi connectivity index (χ1n) is 5.10. The molecule has 1 aromatic rings. The summed E-state index contributed by atoms with van der Waals surface area (Å²) in [7, 11) is 0. The van der Waals surface area contributed by atoms with Crippen molar-refractivity contribution < 1.29 is 14.0 Å². The molecule has 0 unspecified atom stereocenters. The van der Waals surface area contributed by atoms with Gasteiger partial charge in [-0.2, -0.15) is 11.8 Å². The summed E-state index contributed by atoms with van der Waals surface area (Å²) >= 11 is 6.86. The smallest absolute Gasteiger partial charge is 0.227 e. The summed E-state index contributed by atoms with van der Waals surface area (Å²) in [6.45, 7) is 0. The summed E-state index contributed by atoms with van der Waals surface area (Å²) in [5, 5.41) is 2.53. The molecule has 1 rings (SSSR count). The number of carbonyl (C=O) groups excluding carboxylic acids is 2. The van der Waals surface area contributed by atoms with Gasteiger partial charge in [0.25, 0.3) is 0 Å². The van der Waals surface area contributed by atoms with Crippen LogP contribution in [-0.2, 0) is 9.59 Å². The first kappa shape index (κ1) is 14.8. The number of carbonyl (C=O) groups is 2. The highest BCUT2D eigenvalue weighted by molar-refractivity contribution is 7.99. The van der Waals surface area contributed by atoms with Crippen LogP contribution in [0.5, 0.6) is 0 Å². The van der Waals surface area contributed by atoms with Crippen molar-refractivity contribution in [1.82, 2.24) is 0 Å². The van der Waals surface area contributed by atoms with Crippen LogP contribution in [-0.4, -0.2) is 23.3 Å². The fourth-order valence-corrected chi connectivity index (χ4v) is 1.99. The van der Waals surface area contributed by atoms with Crippen LogP contribution >= 0.6 is 23.4 Å². The number of rotatable bonds is 6. The fraction of sp³-hybridized carbons (Fsp3) is 0.273. The second-order valence-corrected chi connectivity index (χ2v) is 4.96. The molecule has 18 heavy (non-hydrogen) atoms. The van der Waals surface area contributed by atoms with E-state index >= 15 is 0 Å². The van der Waals surface area contributed by atoms with Gasteiger partial charge in [-0.15, -0.1) is 0 Å². The minimum atomic E-state index is -0.535. The summed E-state index contributed by atoms with van der Waals surface area (Å²) in [5.41, 5.74) is 5.39. The summed E-state index contributed by atoms with van der Waals surface area (Å²) in [6, 6.07) is 3.95. The van der Waals surface area contributed by atoms with Crippen LogP contribution < -0.4 is 11.1 Å². The van der Waals surface area contributed by atoms with Gasteiger partial charge in [0.15, 0.2) is 0 Å². The Bertz CT molecular complexity index is 457. The molecule has 0 heterocycles. The van der Waals surface area contributed by atoms with Crippen LogP contribution in [0.2, 0.25) is 5.02 Å². The Morgan fingerprint density at radius 2 is 2.17 bits per heavy atom. The molecule has 1 aromatic carbocycles. The number of anilines is 1. The zero-order valence-corrected chi connectivity index (χ0v) is 11.0. The largest absolute Gasteiger partial charge is 0.369 e. The standard InChI is InChI=1S/C11H12ClFN2O2S/c12-8-5-7(1-2-9(8)13)15-11(17)3-4-18-6-10(14)16/h1-2,5H,3-4,6H2,(H2,14,16)(H,15,17). The van der Waals surface area contributed by atoms with E-state index in [-0.39, 0.29) is 23.1 Å². The van der Waals surface area contributed by atoms with E-state index in [1.165, 1.54) is 30.0 Å². The third kappa shape index (κ3) is 5.37. The molecule has 0 bridgehead atoms. The number of halogens is 2. The average Bonchev–Trinajstić information content (AvgIpc) is 2.29. The molecule has 0 aliphatic rings. The first-order valence-corrected chi connectivity index (χ1v) is 6.63. The van der Waals surface area contributed by atoms with Crippen LogP contribution in [0, 0.1) is 5.82 Å². The van der Waals surface area contributed by atoms with Crippen LogP contribution in [0.15, 0.2) is 18.2 Å². The summed E-state index contributed by atoms with van der Waals surface area (Å²) < 4.78 is 12.9. The Hall–Kier alpha value is -1.27. The molecule has 7 heteroatoms. The van der Waals surface area contributed by atoms with Gasteiger partial charge in [-0.25, -0.2) is 4.39 Å². The van der Waals surface area contributed by atoms with Crippen molar-refractivity contribution in [1.29, 1.82) is 0 Å². The Morgan fingerprint density at radius 3 is 2.78 bits per heavy atom. The Kier molecular flexibility index (Phi) is 5.94. The van der Waals surface area contributed by atoms with E-state index in [1.807, 2.05) is 0 Å². The van der Waals surface area contributed by atoms with E-state index in [1.54, 1.807) is 0 Å². The number of nitrogens with two attached hydrogens (primary N) is 1. The van der Waals surface area contributed by atoms with E-state index < -0.39 is 11.7 Å².